The van der Waals surface area contributed by atoms with Crippen LogP contribution in [0.5, 0.6) is 0 Å². The molecule has 1 saturated heterocycles. The Morgan fingerprint density at radius 3 is 2.23 bits per heavy atom. The van der Waals surface area contributed by atoms with Gasteiger partial charge in [0.25, 0.3) is 0 Å². The van der Waals surface area contributed by atoms with Gasteiger partial charge in [0.05, 0.1) is 24.4 Å². The normalized spacial score (nSPS) is 17.2. The van der Waals surface area contributed by atoms with Crippen LogP contribution in [0.2, 0.25) is 5.02 Å². The van der Waals surface area contributed by atoms with E-state index in [1.165, 1.54) is 11.1 Å². The van der Waals surface area contributed by atoms with E-state index in [0.29, 0.717) is 13.1 Å². The van der Waals surface area contributed by atoms with Crippen LogP contribution in [0.1, 0.15) is 17.2 Å². The van der Waals surface area contributed by atoms with E-state index in [2.05, 4.69) is 40.5 Å². The summed E-state index contributed by atoms with van der Waals surface area (Å²) in [7, 11) is 0. The Morgan fingerprint density at radius 1 is 0.909 bits per heavy atom. The van der Waals surface area contributed by atoms with Gasteiger partial charge >= 0.3 is 0 Å². The molecule has 1 unspecified atom stereocenters. The minimum absolute atomic E-state index is 0.147. The molecule has 2 aromatic rings. The first-order valence-corrected chi connectivity index (χ1v) is 7.78. The standard InChI is InChI=1S/C17H18ClN3O/c18-16-8-4-7-15(13-16)17(14-5-2-1-3-6-14)20-9-11-21(19-22)12-10-20/h1-8,13,17H,9-12H2. The summed E-state index contributed by atoms with van der Waals surface area (Å²) in [5, 5.41) is 5.36. The minimum Gasteiger partial charge on any atom is -0.289 e. The monoisotopic (exact) mass is 315 g/mol. The van der Waals surface area contributed by atoms with Crippen LogP contribution in [0.3, 0.4) is 0 Å². The molecule has 1 aliphatic rings. The molecular formula is C17H18ClN3O. The quantitative estimate of drug-likeness (QED) is 0.807. The van der Waals surface area contributed by atoms with E-state index in [-0.39, 0.29) is 6.04 Å². The lowest BCUT2D eigenvalue weighted by Gasteiger charge is -2.37. The Hall–Kier alpha value is -1.91. The SMILES string of the molecule is O=NN1CCN(C(c2ccccc2)c2cccc(Cl)c2)CC1. The Labute approximate surface area is 135 Å². The van der Waals surface area contributed by atoms with Crippen LogP contribution in [0.15, 0.2) is 59.9 Å². The van der Waals surface area contributed by atoms with E-state index in [0.717, 1.165) is 18.1 Å². The van der Waals surface area contributed by atoms with E-state index in [9.17, 15) is 4.91 Å². The Balaban J connectivity index is 1.92. The molecule has 0 aliphatic carbocycles. The number of piperazine rings is 1. The van der Waals surface area contributed by atoms with Crippen molar-refractivity contribution in [1.29, 1.82) is 0 Å². The summed E-state index contributed by atoms with van der Waals surface area (Å²) in [5.74, 6) is 0. The van der Waals surface area contributed by atoms with Gasteiger partial charge in [-0.15, -0.1) is 4.91 Å². The third kappa shape index (κ3) is 3.29. The van der Waals surface area contributed by atoms with Gasteiger partial charge in [-0.3, -0.25) is 9.91 Å². The summed E-state index contributed by atoms with van der Waals surface area (Å²) < 4.78 is 0. The molecule has 0 bridgehead atoms. The number of hydrogen-bond acceptors (Lipinski definition) is 3. The van der Waals surface area contributed by atoms with Crippen molar-refractivity contribution in [3.8, 4) is 0 Å². The van der Waals surface area contributed by atoms with Gasteiger partial charge in [-0.25, -0.2) is 0 Å². The fourth-order valence-electron chi connectivity index (χ4n) is 2.98. The highest BCUT2D eigenvalue weighted by Crippen LogP contribution is 2.30. The summed E-state index contributed by atoms with van der Waals surface area (Å²) in [5.41, 5.74) is 2.41. The zero-order valence-electron chi connectivity index (χ0n) is 12.2. The molecule has 5 heteroatoms. The van der Waals surface area contributed by atoms with Gasteiger partial charge in [0, 0.05) is 18.1 Å². The van der Waals surface area contributed by atoms with Crippen molar-refractivity contribution in [1.82, 2.24) is 9.91 Å². The molecular weight excluding hydrogens is 298 g/mol. The van der Waals surface area contributed by atoms with Crippen molar-refractivity contribution < 1.29 is 0 Å². The van der Waals surface area contributed by atoms with Crippen LogP contribution in [0.25, 0.3) is 0 Å². The van der Waals surface area contributed by atoms with Gasteiger partial charge in [0.15, 0.2) is 0 Å². The van der Waals surface area contributed by atoms with Crippen molar-refractivity contribution in [2.45, 2.75) is 6.04 Å². The molecule has 1 heterocycles. The van der Waals surface area contributed by atoms with Crippen molar-refractivity contribution in [2.24, 2.45) is 5.29 Å². The zero-order valence-corrected chi connectivity index (χ0v) is 13.0. The predicted molar refractivity (Wildman–Crippen MR) is 88.7 cm³/mol. The molecule has 114 valence electrons. The first-order valence-electron chi connectivity index (χ1n) is 7.40. The van der Waals surface area contributed by atoms with Gasteiger partial charge in [0.2, 0.25) is 0 Å². The second-order valence-corrected chi connectivity index (χ2v) is 5.88. The van der Waals surface area contributed by atoms with Gasteiger partial charge in [0.1, 0.15) is 0 Å². The molecule has 0 amide bonds. The van der Waals surface area contributed by atoms with Crippen LogP contribution in [-0.2, 0) is 0 Å². The fraction of sp³-hybridized carbons (Fsp3) is 0.294. The van der Waals surface area contributed by atoms with Crippen LogP contribution in [0, 0.1) is 4.91 Å². The van der Waals surface area contributed by atoms with Crippen molar-refractivity contribution in [2.75, 3.05) is 26.2 Å². The molecule has 1 aliphatic heterocycles. The van der Waals surface area contributed by atoms with Crippen LogP contribution >= 0.6 is 11.6 Å². The van der Waals surface area contributed by atoms with Crippen LogP contribution in [0.4, 0.5) is 0 Å². The Bertz CT molecular complexity index is 627. The van der Waals surface area contributed by atoms with E-state index >= 15 is 0 Å². The number of halogens is 1. The summed E-state index contributed by atoms with van der Waals surface area (Å²) in [6.07, 6.45) is 0. The first-order chi connectivity index (χ1) is 10.8. The van der Waals surface area contributed by atoms with Gasteiger partial charge in [-0.1, -0.05) is 54.1 Å². The van der Waals surface area contributed by atoms with Crippen LogP contribution in [-0.4, -0.2) is 36.1 Å². The Kier molecular flexibility index (Phi) is 4.71. The average molecular weight is 316 g/mol. The molecule has 0 saturated carbocycles. The molecule has 0 N–H and O–H groups in total. The van der Waals surface area contributed by atoms with Gasteiger partial charge in [-0.2, -0.15) is 0 Å². The van der Waals surface area contributed by atoms with Gasteiger partial charge < -0.3 is 0 Å². The highest BCUT2D eigenvalue weighted by atomic mass is 35.5. The third-order valence-electron chi connectivity index (χ3n) is 4.05. The zero-order chi connectivity index (χ0) is 15.4. The highest BCUT2D eigenvalue weighted by molar-refractivity contribution is 6.30. The molecule has 1 atom stereocenters. The maximum absolute atomic E-state index is 10.7. The molecule has 0 spiro atoms. The lowest BCUT2D eigenvalue weighted by molar-refractivity contribution is 0.111. The summed E-state index contributed by atoms with van der Waals surface area (Å²) in [6, 6.07) is 18.5. The summed E-state index contributed by atoms with van der Waals surface area (Å²) in [4.78, 5) is 13.0. The molecule has 0 aromatic heterocycles. The molecule has 3 rings (SSSR count). The third-order valence-corrected chi connectivity index (χ3v) is 4.29. The highest BCUT2D eigenvalue weighted by Gasteiger charge is 2.26. The van der Waals surface area contributed by atoms with E-state index in [1.807, 2.05) is 24.3 Å². The smallest absolute Gasteiger partial charge is 0.0603 e. The number of nitroso groups, excluding NO2 is 1. The second-order valence-electron chi connectivity index (χ2n) is 5.44. The van der Waals surface area contributed by atoms with Crippen molar-refractivity contribution >= 4 is 11.6 Å². The topological polar surface area (TPSA) is 35.9 Å². The molecule has 0 radical (unpaired) electrons. The molecule has 22 heavy (non-hydrogen) atoms. The Morgan fingerprint density at radius 2 is 1.59 bits per heavy atom. The van der Waals surface area contributed by atoms with Crippen molar-refractivity contribution in [3.05, 3.63) is 75.7 Å². The minimum atomic E-state index is 0.147. The first kappa shape index (κ1) is 15.0. The predicted octanol–water partition coefficient (Wildman–Crippen LogP) is 3.73. The number of hydrogen-bond donors (Lipinski definition) is 0. The summed E-state index contributed by atoms with van der Waals surface area (Å²) >= 11 is 6.18. The van der Waals surface area contributed by atoms with E-state index in [1.54, 1.807) is 5.01 Å². The fourth-order valence-corrected chi connectivity index (χ4v) is 3.18. The number of benzene rings is 2. The molecule has 2 aromatic carbocycles. The van der Waals surface area contributed by atoms with Crippen LogP contribution < -0.4 is 0 Å². The maximum atomic E-state index is 10.7. The summed E-state index contributed by atoms with van der Waals surface area (Å²) in [6.45, 7) is 2.93. The lowest BCUT2D eigenvalue weighted by atomic mass is 9.96. The average Bonchev–Trinajstić information content (AvgIpc) is 2.57. The lowest BCUT2D eigenvalue weighted by Crippen LogP contribution is -2.45. The number of nitrogens with zero attached hydrogens (tertiary/aromatic N) is 3. The van der Waals surface area contributed by atoms with Crippen molar-refractivity contribution in [3.63, 3.8) is 0 Å². The van der Waals surface area contributed by atoms with Gasteiger partial charge in [-0.05, 0) is 23.3 Å². The maximum Gasteiger partial charge on any atom is 0.0603 e. The molecule has 4 nitrogen and oxygen atoms in total. The largest absolute Gasteiger partial charge is 0.289 e. The molecule has 1 fully saturated rings. The van der Waals surface area contributed by atoms with E-state index in [4.69, 9.17) is 11.6 Å². The number of rotatable bonds is 4. The second kappa shape index (κ2) is 6.90. The van der Waals surface area contributed by atoms with E-state index < -0.39 is 0 Å².